The van der Waals surface area contributed by atoms with Crippen LogP contribution in [-0.2, 0) is 26.0 Å². The maximum Gasteiger partial charge on any atom is 0.315 e. The van der Waals surface area contributed by atoms with Crippen LogP contribution in [0.4, 0.5) is 4.79 Å². The summed E-state index contributed by atoms with van der Waals surface area (Å²) in [5.41, 5.74) is 0.573. The van der Waals surface area contributed by atoms with Crippen molar-refractivity contribution in [3.63, 3.8) is 0 Å². The van der Waals surface area contributed by atoms with Gasteiger partial charge in [0.1, 0.15) is 0 Å². The fourth-order valence-corrected chi connectivity index (χ4v) is 6.23. The SMILES string of the molecule is CCC(CC)C(CNC(=O)NCc1ccccc1S(=O)(=O)N1CCOCC1)N1CCOCC1. The second kappa shape index (κ2) is 12.7. The topological polar surface area (TPSA) is 100 Å². The predicted molar refractivity (Wildman–Crippen MR) is 127 cm³/mol. The molecule has 10 heteroatoms. The third kappa shape index (κ3) is 6.89. The van der Waals surface area contributed by atoms with Crippen molar-refractivity contribution in [2.24, 2.45) is 5.92 Å². The highest BCUT2D eigenvalue weighted by atomic mass is 32.2. The molecule has 9 nitrogen and oxygen atoms in total. The number of benzene rings is 1. The number of urea groups is 1. The highest BCUT2D eigenvalue weighted by Gasteiger charge is 2.29. The number of amides is 2. The van der Waals surface area contributed by atoms with Crippen LogP contribution in [0.3, 0.4) is 0 Å². The van der Waals surface area contributed by atoms with Gasteiger partial charge in [-0.15, -0.1) is 0 Å². The Balaban J connectivity index is 1.60. The van der Waals surface area contributed by atoms with Crippen molar-refractivity contribution in [2.75, 3.05) is 59.2 Å². The van der Waals surface area contributed by atoms with Gasteiger partial charge in [-0.25, -0.2) is 13.2 Å². The van der Waals surface area contributed by atoms with Crippen molar-refractivity contribution in [3.8, 4) is 0 Å². The van der Waals surface area contributed by atoms with Crippen LogP contribution >= 0.6 is 0 Å². The Hall–Kier alpha value is -1.72. The van der Waals surface area contributed by atoms with Crippen molar-refractivity contribution < 1.29 is 22.7 Å². The molecular weight excluding hydrogens is 444 g/mol. The van der Waals surface area contributed by atoms with Gasteiger partial charge in [-0.3, -0.25) is 4.90 Å². The minimum Gasteiger partial charge on any atom is -0.379 e. The molecular formula is C23H38N4O5S. The van der Waals surface area contributed by atoms with Crippen molar-refractivity contribution in [1.29, 1.82) is 0 Å². The van der Waals surface area contributed by atoms with E-state index in [0.717, 1.165) is 39.1 Å². The van der Waals surface area contributed by atoms with Crippen LogP contribution in [0, 0.1) is 5.92 Å². The molecule has 2 fully saturated rings. The quantitative estimate of drug-likeness (QED) is 0.526. The van der Waals surface area contributed by atoms with Gasteiger partial charge in [0.25, 0.3) is 0 Å². The Kier molecular flexibility index (Phi) is 9.94. The van der Waals surface area contributed by atoms with E-state index < -0.39 is 10.0 Å². The van der Waals surface area contributed by atoms with E-state index in [4.69, 9.17) is 9.47 Å². The first kappa shape index (κ1) is 25.9. The van der Waals surface area contributed by atoms with E-state index in [1.807, 2.05) is 0 Å². The Morgan fingerprint density at radius 2 is 1.58 bits per heavy atom. The van der Waals surface area contributed by atoms with Crippen LogP contribution in [0.25, 0.3) is 0 Å². The molecule has 0 saturated carbocycles. The third-order valence-electron chi connectivity index (χ3n) is 6.58. The number of nitrogens with zero attached hydrogens (tertiary/aromatic N) is 2. The number of ether oxygens (including phenoxy) is 2. The van der Waals surface area contributed by atoms with Crippen LogP contribution in [0.2, 0.25) is 0 Å². The average molecular weight is 483 g/mol. The number of hydrogen-bond donors (Lipinski definition) is 2. The summed E-state index contributed by atoms with van der Waals surface area (Å²) in [6.07, 6.45) is 2.10. The predicted octanol–water partition coefficient (Wildman–Crippen LogP) is 1.64. The molecule has 0 spiro atoms. The lowest BCUT2D eigenvalue weighted by molar-refractivity contribution is 0.00237. The van der Waals surface area contributed by atoms with Gasteiger partial charge in [-0.2, -0.15) is 4.31 Å². The number of morpholine rings is 2. The first-order valence-corrected chi connectivity index (χ1v) is 13.4. The fraction of sp³-hybridized carbons (Fsp3) is 0.696. The van der Waals surface area contributed by atoms with Crippen LogP contribution in [0.1, 0.15) is 32.3 Å². The second-order valence-electron chi connectivity index (χ2n) is 8.48. The molecule has 1 aromatic carbocycles. The van der Waals surface area contributed by atoms with Crippen LogP contribution < -0.4 is 10.6 Å². The van der Waals surface area contributed by atoms with Crippen molar-refractivity contribution in [1.82, 2.24) is 19.8 Å². The molecule has 0 bridgehead atoms. The fourth-order valence-electron chi connectivity index (χ4n) is 4.60. The number of rotatable bonds is 10. The summed E-state index contributed by atoms with van der Waals surface area (Å²) >= 11 is 0. The van der Waals surface area contributed by atoms with Crippen LogP contribution in [0.5, 0.6) is 0 Å². The molecule has 2 aliphatic rings. The number of sulfonamides is 1. The lowest BCUT2D eigenvalue weighted by Gasteiger charge is -2.38. The molecule has 0 aromatic heterocycles. The zero-order valence-electron chi connectivity index (χ0n) is 19.8. The number of carbonyl (C=O) groups is 1. The molecule has 3 rings (SSSR count). The maximum absolute atomic E-state index is 13.1. The zero-order chi connectivity index (χ0) is 23.7. The Morgan fingerprint density at radius 1 is 0.970 bits per heavy atom. The van der Waals surface area contributed by atoms with Gasteiger partial charge in [0.15, 0.2) is 0 Å². The van der Waals surface area contributed by atoms with Crippen LogP contribution in [0.15, 0.2) is 29.2 Å². The second-order valence-corrected chi connectivity index (χ2v) is 10.4. The summed E-state index contributed by atoms with van der Waals surface area (Å²) in [5, 5.41) is 5.86. The third-order valence-corrected chi connectivity index (χ3v) is 8.58. The van der Waals surface area contributed by atoms with E-state index >= 15 is 0 Å². The standard InChI is InChI=1S/C23H38N4O5S/c1-3-19(4-2)21(26-9-13-31-14-10-26)18-25-23(28)24-17-20-7-5-6-8-22(20)33(29,30)27-11-15-32-16-12-27/h5-8,19,21H,3-4,9-18H2,1-2H3,(H2,24,25,28). The molecule has 1 aromatic rings. The van der Waals surface area contributed by atoms with Gasteiger partial charge >= 0.3 is 6.03 Å². The minimum atomic E-state index is -3.64. The van der Waals surface area contributed by atoms with E-state index in [1.165, 1.54) is 4.31 Å². The van der Waals surface area contributed by atoms with Gasteiger partial charge in [0.05, 0.1) is 31.3 Å². The van der Waals surface area contributed by atoms with Crippen LogP contribution in [-0.4, -0.2) is 88.8 Å². The molecule has 2 heterocycles. The zero-order valence-corrected chi connectivity index (χ0v) is 20.6. The summed E-state index contributed by atoms with van der Waals surface area (Å²) in [4.78, 5) is 15.3. The van der Waals surface area contributed by atoms with Gasteiger partial charge in [0.2, 0.25) is 10.0 Å². The van der Waals surface area contributed by atoms with E-state index in [0.29, 0.717) is 44.3 Å². The average Bonchev–Trinajstić information content (AvgIpc) is 2.86. The molecule has 2 amide bonds. The van der Waals surface area contributed by atoms with E-state index in [2.05, 4.69) is 29.4 Å². The first-order valence-electron chi connectivity index (χ1n) is 12.0. The molecule has 186 valence electrons. The Labute approximate surface area is 197 Å². The summed E-state index contributed by atoms with van der Waals surface area (Å²) in [6.45, 7) is 9.70. The summed E-state index contributed by atoms with van der Waals surface area (Å²) in [6, 6.07) is 6.80. The molecule has 1 atom stereocenters. The number of nitrogens with one attached hydrogen (secondary N) is 2. The smallest absolute Gasteiger partial charge is 0.315 e. The van der Waals surface area contributed by atoms with Gasteiger partial charge in [-0.05, 0) is 17.5 Å². The summed E-state index contributed by atoms with van der Waals surface area (Å²) in [5.74, 6) is 0.489. The van der Waals surface area contributed by atoms with E-state index in [9.17, 15) is 13.2 Å². The minimum absolute atomic E-state index is 0.138. The number of carbonyl (C=O) groups excluding carboxylic acids is 1. The molecule has 2 saturated heterocycles. The largest absolute Gasteiger partial charge is 0.379 e. The van der Waals surface area contributed by atoms with Crippen molar-refractivity contribution in [2.45, 2.75) is 44.2 Å². The summed E-state index contributed by atoms with van der Waals surface area (Å²) in [7, 11) is -3.64. The molecule has 2 aliphatic heterocycles. The lowest BCUT2D eigenvalue weighted by atomic mass is 9.92. The lowest BCUT2D eigenvalue weighted by Crippen LogP contribution is -2.53. The highest BCUT2D eigenvalue weighted by molar-refractivity contribution is 7.89. The van der Waals surface area contributed by atoms with E-state index in [1.54, 1.807) is 24.3 Å². The van der Waals surface area contributed by atoms with Gasteiger partial charge in [-0.1, -0.05) is 44.9 Å². The maximum atomic E-state index is 13.1. The monoisotopic (exact) mass is 482 g/mol. The van der Waals surface area contributed by atoms with Gasteiger partial charge in [0, 0.05) is 45.3 Å². The van der Waals surface area contributed by atoms with Gasteiger partial charge < -0.3 is 20.1 Å². The normalized spacial score (nSPS) is 19.4. The number of hydrogen-bond acceptors (Lipinski definition) is 6. The molecule has 2 N–H and O–H groups in total. The Morgan fingerprint density at radius 3 is 2.21 bits per heavy atom. The van der Waals surface area contributed by atoms with Crippen molar-refractivity contribution in [3.05, 3.63) is 29.8 Å². The highest BCUT2D eigenvalue weighted by Crippen LogP contribution is 2.22. The van der Waals surface area contributed by atoms with Crippen molar-refractivity contribution >= 4 is 16.1 Å². The molecule has 0 radical (unpaired) electrons. The molecule has 33 heavy (non-hydrogen) atoms. The molecule has 0 aliphatic carbocycles. The summed E-state index contributed by atoms with van der Waals surface area (Å²) < 4.78 is 38.4. The Bertz CT molecular complexity index is 850. The van der Waals surface area contributed by atoms with E-state index in [-0.39, 0.29) is 23.5 Å². The first-order chi connectivity index (χ1) is 16.0. The molecule has 1 unspecified atom stereocenters.